The number of carbonyl (C=O) groups excluding carboxylic acids is 1. The van der Waals surface area contributed by atoms with Crippen molar-refractivity contribution in [2.75, 3.05) is 13.6 Å². The summed E-state index contributed by atoms with van der Waals surface area (Å²) in [7, 11) is 1.93. The van der Waals surface area contributed by atoms with Gasteiger partial charge in [-0.2, -0.15) is 0 Å². The van der Waals surface area contributed by atoms with E-state index in [0.29, 0.717) is 17.9 Å². The van der Waals surface area contributed by atoms with Crippen LogP contribution in [0.2, 0.25) is 0 Å². The van der Waals surface area contributed by atoms with Crippen molar-refractivity contribution in [3.63, 3.8) is 0 Å². The average Bonchev–Trinajstić information content (AvgIpc) is 2.66. The van der Waals surface area contributed by atoms with Crippen LogP contribution in [0, 0.1) is 17.8 Å². The molecule has 2 saturated carbocycles. The highest BCUT2D eigenvalue weighted by atomic mass is 16.2. The number of amides is 1. The molecule has 0 aromatic heterocycles. The Labute approximate surface area is 117 Å². The van der Waals surface area contributed by atoms with E-state index in [9.17, 15) is 4.79 Å². The predicted molar refractivity (Wildman–Crippen MR) is 76.8 cm³/mol. The van der Waals surface area contributed by atoms with Crippen molar-refractivity contribution in [3.05, 3.63) is 0 Å². The first-order chi connectivity index (χ1) is 9.17. The Morgan fingerprint density at radius 3 is 2.37 bits per heavy atom. The van der Waals surface area contributed by atoms with Gasteiger partial charge in [-0.25, -0.2) is 0 Å². The van der Waals surface area contributed by atoms with Gasteiger partial charge in [-0.3, -0.25) is 4.79 Å². The van der Waals surface area contributed by atoms with E-state index in [2.05, 4.69) is 17.1 Å². The lowest BCUT2D eigenvalue weighted by molar-refractivity contribution is -0.136. The van der Waals surface area contributed by atoms with Crippen LogP contribution in [0.5, 0.6) is 0 Å². The fourth-order valence-corrected chi connectivity index (χ4v) is 4.62. The Morgan fingerprint density at radius 1 is 1.05 bits per heavy atom. The van der Waals surface area contributed by atoms with Gasteiger partial charge in [0.1, 0.15) is 0 Å². The number of nitrogens with one attached hydrogen (secondary N) is 1. The van der Waals surface area contributed by atoms with Crippen molar-refractivity contribution in [3.8, 4) is 0 Å². The summed E-state index contributed by atoms with van der Waals surface area (Å²) >= 11 is 0. The van der Waals surface area contributed by atoms with Crippen LogP contribution >= 0.6 is 0 Å². The van der Waals surface area contributed by atoms with Crippen LogP contribution in [-0.4, -0.2) is 36.5 Å². The smallest absolute Gasteiger partial charge is 0.239 e. The van der Waals surface area contributed by atoms with Gasteiger partial charge in [0.15, 0.2) is 0 Å². The molecule has 0 aromatic carbocycles. The summed E-state index contributed by atoms with van der Waals surface area (Å²) in [6, 6.07) is 0.597. The van der Waals surface area contributed by atoms with Gasteiger partial charge in [0, 0.05) is 12.6 Å². The van der Waals surface area contributed by atoms with Crippen LogP contribution in [-0.2, 0) is 4.79 Å². The van der Waals surface area contributed by atoms with Crippen LogP contribution < -0.4 is 5.32 Å². The third-order valence-electron chi connectivity index (χ3n) is 5.69. The number of rotatable bonds is 2. The second kappa shape index (κ2) is 5.43. The van der Waals surface area contributed by atoms with Gasteiger partial charge >= 0.3 is 0 Å². The summed E-state index contributed by atoms with van der Waals surface area (Å²) in [4.78, 5) is 15.0. The molecule has 1 N–H and O–H groups in total. The SMILES string of the molecule is CNC1CCC(C)CN(C2CC3CCC(C3)C2)C1=O. The Balaban J connectivity index is 1.74. The molecule has 4 atom stereocenters. The van der Waals surface area contributed by atoms with Crippen molar-refractivity contribution < 1.29 is 4.79 Å². The quantitative estimate of drug-likeness (QED) is 0.830. The number of likely N-dealkylation sites (tertiary alicyclic amines) is 1. The van der Waals surface area contributed by atoms with Crippen molar-refractivity contribution in [1.29, 1.82) is 0 Å². The largest absolute Gasteiger partial charge is 0.338 e. The molecular formula is C16H28N2O. The molecule has 2 aliphatic carbocycles. The number of likely N-dealkylation sites (N-methyl/N-ethyl adjacent to an activating group) is 1. The maximum absolute atomic E-state index is 12.7. The summed E-state index contributed by atoms with van der Waals surface area (Å²) in [5, 5.41) is 3.23. The van der Waals surface area contributed by atoms with Gasteiger partial charge in [-0.05, 0) is 56.9 Å². The van der Waals surface area contributed by atoms with Gasteiger partial charge in [0.05, 0.1) is 6.04 Å². The molecule has 108 valence electrons. The van der Waals surface area contributed by atoms with Gasteiger partial charge in [-0.15, -0.1) is 0 Å². The molecule has 1 aliphatic heterocycles. The van der Waals surface area contributed by atoms with Crippen molar-refractivity contribution >= 4 is 5.91 Å². The lowest BCUT2D eigenvalue weighted by Gasteiger charge is -2.38. The molecular weight excluding hydrogens is 236 g/mol. The molecule has 0 aromatic rings. The Morgan fingerprint density at radius 2 is 1.74 bits per heavy atom. The molecule has 4 unspecified atom stereocenters. The minimum Gasteiger partial charge on any atom is -0.338 e. The third-order valence-corrected chi connectivity index (χ3v) is 5.69. The van der Waals surface area contributed by atoms with E-state index >= 15 is 0 Å². The predicted octanol–water partition coefficient (Wildman–Crippen LogP) is 2.41. The van der Waals surface area contributed by atoms with E-state index in [-0.39, 0.29) is 6.04 Å². The normalized spacial score (nSPS) is 43.4. The zero-order valence-electron chi connectivity index (χ0n) is 12.4. The first-order valence-electron chi connectivity index (χ1n) is 8.15. The van der Waals surface area contributed by atoms with Gasteiger partial charge in [-0.1, -0.05) is 19.8 Å². The van der Waals surface area contributed by atoms with E-state index in [1.807, 2.05) is 7.05 Å². The first kappa shape index (κ1) is 13.4. The third kappa shape index (κ3) is 2.67. The minimum atomic E-state index is 0.0597. The molecule has 1 saturated heterocycles. The minimum absolute atomic E-state index is 0.0597. The second-order valence-electron chi connectivity index (χ2n) is 7.18. The lowest BCUT2D eigenvalue weighted by Crippen LogP contribution is -2.50. The van der Waals surface area contributed by atoms with Gasteiger partial charge in [0.2, 0.25) is 5.91 Å². The zero-order valence-corrected chi connectivity index (χ0v) is 12.4. The molecule has 0 spiro atoms. The molecule has 1 amide bonds. The summed E-state index contributed by atoms with van der Waals surface area (Å²) in [6.07, 6.45) is 8.97. The summed E-state index contributed by atoms with van der Waals surface area (Å²) < 4.78 is 0. The molecule has 1 heterocycles. The van der Waals surface area contributed by atoms with Gasteiger partial charge in [0.25, 0.3) is 0 Å². The van der Waals surface area contributed by atoms with Crippen molar-refractivity contribution in [2.24, 2.45) is 17.8 Å². The van der Waals surface area contributed by atoms with Crippen LogP contribution in [0.15, 0.2) is 0 Å². The number of carbonyl (C=O) groups is 1. The number of fused-ring (bicyclic) bond motifs is 2. The zero-order chi connectivity index (χ0) is 13.4. The molecule has 3 heteroatoms. The molecule has 3 nitrogen and oxygen atoms in total. The highest BCUT2D eigenvalue weighted by Crippen LogP contribution is 2.44. The Kier molecular flexibility index (Phi) is 3.84. The van der Waals surface area contributed by atoms with Crippen LogP contribution in [0.25, 0.3) is 0 Å². The maximum Gasteiger partial charge on any atom is 0.239 e. The summed E-state index contributed by atoms with van der Waals surface area (Å²) in [5.74, 6) is 2.84. The molecule has 0 radical (unpaired) electrons. The average molecular weight is 264 g/mol. The fraction of sp³-hybridized carbons (Fsp3) is 0.938. The fourth-order valence-electron chi connectivity index (χ4n) is 4.62. The molecule has 3 fully saturated rings. The molecule has 3 aliphatic rings. The molecule has 3 rings (SSSR count). The van der Waals surface area contributed by atoms with Crippen molar-refractivity contribution in [2.45, 2.75) is 64.0 Å². The van der Waals surface area contributed by atoms with E-state index in [1.165, 1.54) is 38.5 Å². The van der Waals surface area contributed by atoms with Crippen LogP contribution in [0.4, 0.5) is 0 Å². The number of hydrogen-bond acceptors (Lipinski definition) is 2. The Hall–Kier alpha value is -0.570. The summed E-state index contributed by atoms with van der Waals surface area (Å²) in [6.45, 7) is 3.29. The maximum atomic E-state index is 12.7. The lowest BCUT2D eigenvalue weighted by atomic mass is 9.84. The first-order valence-corrected chi connectivity index (χ1v) is 8.15. The van der Waals surface area contributed by atoms with Crippen LogP contribution in [0.3, 0.4) is 0 Å². The monoisotopic (exact) mass is 264 g/mol. The van der Waals surface area contributed by atoms with Crippen LogP contribution in [0.1, 0.15) is 51.9 Å². The highest BCUT2D eigenvalue weighted by Gasteiger charge is 2.40. The van der Waals surface area contributed by atoms with E-state index in [1.54, 1.807) is 0 Å². The summed E-state index contributed by atoms with van der Waals surface area (Å²) in [5.41, 5.74) is 0. The van der Waals surface area contributed by atoms with E-state index in [0.717, 1.165) is 24.8 Å². The topological polar surface area (TPSA) is 32.3 Å². The standard InChI is InChI=1S/C16H28N2O/c1-11-3-6-15(17-2)16(19)18(10-11)14-8-12-4-5-13(7-12)9-14/h11-15,17H,3-10H2,1-2H3. The molecule has 19 heavy (non-hydrogen) atoms. The number of nitrogens with zero attached hydrogens (tertiary/aromatic N) is 1. The Bertz CT molecular complexity index is 332. The number of hydrogen-bond donors (Lipinski definition) is 1. The van der Waals surface area contributed by atoms with Gasteiger partial charge < -0.3 is 10.2 Å². The molecule has 2 bridgehead atoms. The van der Waals surface area contributed by atoms with E-state index < -0.39 is 0 Å². The van der Waals surface area contributed by atoms with Crippen molar-refractivity contribution in [1.82, 2.24) is 10.2 Å². The second-order valence-corrected chi connectivity index (χ2v) is 7.18. The van der Waals surface area contributed by atoms with E-state index in [4.69, 9.17) is 0 Å². The highest BCUT2D eigenvalue weighted by molar-refractivity contribution is 5.82.